The molecule has 206 valence electrons. The summed E-state index contributed by atoms with van der Waals surface area (Å²) in [5, 5.41) is 21.0. The van der Waals surface area contributed by atoms with Crippen LogP contribution < -0.4 is 16.4 Å². The summed E-state index contributed by atoms with van der Waals surface area (Å²) in [5.41, 5.74) is 3.07. The molecule has 16 heteroatoms. The molecule has 1 fully saturated rings. The van der Waals surface area contributed by atoms with Gasteiger partial charge in [-0.25, -0.2) is 11.0 Å². The molecule has 13 nitrogen and oxygen atoms in total. The number of hydrogen-bond acceptors (Lipinski definition) is 11. The standard InChI is InChI=1S/C21H31BN2O11S2/c1-11-6-7-14-20(2,3)8-5-9-21(14,4)15-12-10-13(23-34-36(27,28)29)17(24-35-37(30,31)32)16(22(25)26)19(12)33-18(11)15/h10-11,14,23-26H,5-9H2,1-4H3,(H,27,28,29)(H,30,31,32)/t11?,14-,21-/m1/s1. The van der Waals surface area contributed by atoms with Crippen molar-refractivity contribution in [1.29, 1.82) is 0 Å². The van der Waals surface area contributed by atoms with Crippen molar-refractivity contribution < 1.29 is 49.0 Å². The Morgan fingerprint density at radius 2 is 1.65 bits per heavy atom. The van der Waals surface area contributed by atoms with Crippen LogP contribution in [0.2, 0.25) is 0 Å². The van der Waals surface area contributed by atoms with Crippen LogP contribution in [-0.2, 0) is 34.8 Å². The number of rotatable bonds is 7. The number of nitrogens with one attached hydrogen (secondary N) is 2. The molecule has 2 aliphatic carbocycles. The number of fused-ring (bicyclic) bond motifs is 5. The van der Waals surface area contributed by atoms with Gasteiger partial charge in [0, 0.05) is 16.9 Å². The van der Waals surface area contributed by atoms with Crippen LogP contribution in [0.15, 0.2) is 10.5 Å². The molecule has 37 heavy (non-hydrogen) atoms. The lowest BCUT2D eigenvalue weighted by Crippen LogP contribution is -2.44. The molecule has 0 aliphatic heterocycles. The first-order valence-electron chi connectivity index (χ1n) is 11.8. The Kier molecular flexibility index (Phi) is 7.12. The normalized spacial score (nSPS) is 25.7. The van der Waals surface area contributed by atoms with Crippen LogP contribution in [0, 0.1) is 11.3 Å². The minimum absolute atomic E-state index is 0.0101. The molecule has 2 aromatic rings. The number of anilines is 2. The van der Waals surface area contributed by atoms with Crippen molar-refractivity contribution in [3.05, 3.63) is 17.4 Å². The van der Waals surface area contributed by atoms with Crippen molar-refractivity contribution in [3.63, 3.8) is 0 Å². The molecule has 0 amide bonds. The predicted octanol–water partition coefficient (Wildman–Crippen LogP) is 2.39. The average Bonchev–Trinajstić information content (AvgIpc) is 3.08. The van der Waals surface area contributed by atoms with Gasteiger partial charge in [0.2, 0.25) is 0 Å². The third-order valence-electron chi connectivity index (χ3n) is 7.95. The zero-order valence-electron chi connectivity index (χ0n) is 20.8. The third kappa shape index (κ3) is 5.34. The minimum atomic E-state index is -5.07. The zero-order valence-corrected chi connectivity index (χ0v) is 22.4. The minimum Gasteiger partial charge on any atom is -0.461 e. The molecule has 0 saturated heterocycles. The summed E-state index contributed by atoms with van der Waals surface area (Å²) in [6.07, 6.45) is 4.60. The molecule has 6 N–H and O–H groups in total. The van der Waals surface area contributed by atoms with E-state index in [1.54, 1.807) is 0 Å². The summed E-state index contributed by atoms with van der Waals surface area (Å²) in [6.45, 7) is 8.62. The second kappa shape index (κ2) is 9.38. The monoisotopic (exact) mass is 562 g/mol. The molecule has 2 aliphatic rings. The van der Waals surface area contributed by atoms with Crippen LogP contribution in [0.5, 0.6) is 0 Å². The van der Waals surface area contributed by atoms with Gasteiger partial charge < -0.3 is 14.5 Å². The van der Waals surface area contributed by atoms with E-state index in [1.165, 1.54) is 6.07 Å². The molecule has 1 aromatic heterocycles. The highest BCUT2D eigenvalue weighted by molar-refractivity contribution is 7.81. The summed E-state index contributed by atoms with van der Waals surface area (Å²) in [4.78, 5) is 0. The molecular weight excluding hydrogens is 531 g/mol. The Labute approximate surface area is 215 Å². The van der Waals surface area contributed by atoms with Gasteiger partial charge in [0.05, 0.1) is 16.8 Å². The first-order valence-corrected chi connectivity index (χ1v) is 14.5. The Morgan fingerprint density at radius 1 is 1.03 bits per heavy atom. The largest absolute Gasteiger partial charge is 0.494 e. The molecule has 1 saturated carbocycles. The van der Waals surface area contributed by atoms with Gasteiger partial charge in [0.15, 0.2) is 0 Å². The number of furan rings is 1. The van der Waals surface area contributed by atoms with Crippen LogP contribution in [0.3, 0.4) is 0 Å². The van der Waals surface area contributed by atoms with E-state index in [2.05, 4.69) is 29.3 Å². The first kappa shape index (κ1) is 28.1. The Morgan fingerprint density at radius 3 is 2.24 bits per heavy atom. The van der Waals surface area contributed by atoms with Crippen molar-refractivity contribution in [2.24, 2.45) is 11.3 Å². The molecule has 4 rings (SSSR count). The lowest BCUT2D eigenvalue weighted by molar-refractivity contribution is 0.0504. The number of benzene rings is 1. The van der Waals surface area contributed by atoms with Crippen LogP contribution in [0.4, 0.5) is 11.4 Å². The highest BCUT2D eigenvalue weighted by Gasteiger charge is 2.51. The molecule has 0 radical (unpaired) electrons. The van der Waals surface area contributed by atoms with Crippen LogP contribution in [-0.4, -0.2) is 43.1 Å². The Hall–Kier alpha value is -1.92. The van der Waals surface area contributed by atoms with Crippen molar-refractivity contribution >= 4 is 55.7 Å². The summed E-state index contributed by atoms with van der Waals surface area (Å²) >= 11 is 0. The van der Waals surface area contributed by atoms with E-state index in [4.69, 9.17) is 13.5 Å². The van der Waals surface area contributed by atoms with E-state index < -0.39 is 39.1 Å². The van der Waals surface area contributed by atoms with Crippen LogP contribution in [0.1, 0.15) is 77.0 Å². The van der Waals surface area contributed by atoms with E-state index in [9.17, 15) is 26.9 Å². The molecular formula is C21H31BN2O11S2. The maximum atomic E-state index is 11.3. The Bertz CT molecular complexity index is 1420. The summed E-state index contributed by atoms with van der Waals surface area (Å²) < 4.78 is 77.8. The fourth-order valence-corrected chi connectivity index (χ4v) is 6.90. The second-order valence-corrected chi connectivity index (χ2v) is 12.9. The molecule has 1 heterocycles. The fourth-order valence-electron chi connectivity index (χ4n) is 6.52. The SMILES string of the molecule is CC1CC[C@@H]2C(C)(C)CCC[C@@]2(C)c2c1oc1c(B(O)O)c(NOS(=O)(=O)O)c(NOS(=O)(=O)O)cc21. The van der Waals surface area contributed by atoms with Crippen molar-refractivity contribution in [2.45, 2.75) is 71.1 Å². The highest BCUT2D eigenvalue weighted by Crippen LogP contribution is 2.59. The molecule has 0 bridgehead atoms. The zero-order chi connectivity index (χ0) is 27.6. The van der Waals surface area contributed by atoms with Gasteiger partial charge in [0.1, 0.15) is 11.3 Å². The van der Waals surface area contributed by atoms with E-state index >= 15 is 0 Å². The first-order chi connectivity index (χ1) is 16.9. The van der Waals surface area contributed by atoms with E-state index in [-0.39, 0.29) is 33.9 Å². The summed E-state index contributed by atoms with van der Waals surface area (Å²) in [5.74, 6) is 0.848. The van der Waals surface area contributed by atoms with Gasteiger partial charge >= 0.3 is 27.9 Å². The molecule has 3 atom stereocenters. The predicted molar refractivity (Wildman–Crippen MR) is 135 cm³/mol. The quantitative estimate of drug-likeness (QED) is 0.163. The van der Waals surface area contributed by atoms with Crippen LogP contribution >= 0.6 is 0 Å². The summed E-state index contributed by atoms with van der Waals surface area (Å²) in [7, 11) is -12.4. The van der Waals surface area contributed by atoms with E-state index in [1.807, 2.05) is 17.9 Å². The maximum Gasteiger partial charge on any atom is 0.494 e. The highest BCUT2D eigenvalue weighted by atomic mass is 32.3. The van der Waals surface area contributed by atoms with Gasteiger partial charge in [0.25, 0.3) is 0 Å². The third-order valence-corrected chi connectivity index (χ3v) is 8.53. The maximum absolute atomic E-state index is 11.3. The summed E-state index contributed by atoms with van der Waals surface area (Å²) in [6, 6.07) is 1.38. The van der Waals surface area contributed by atoms with Crippen molar-refractivity contribution in [3.8, 4) is 0 Å². The van der Waals surface area contributed by atoms with Gasteiger partial charge in [-0.3, -0.25) is 9.11 Å². The average molecular weight is 562 g/mol. The van der Waals surface area contributed by atoms with Crippen LogP contribution in [0.25, 0.3) is 11.0 Å². The van der Waals surface area contributed by atoms with E-state index in [0.717, 1.165) is 37.7 Å². The second-order valence-electron chi connectivity index (χ2n) is 10.8. The van der Waals surface area contributed by atoms with Gasteiger partial charge in [-0.2, -0.15) is 16.8 Å². The fraction of sp³-hybridized carbons (Fsp3) is 0.619. The lowest BCUT2D eigenvalue weighted by atomic mass is 9.53. The molecule has 1 unspecified atom stereocenters. The van der Waals surface area contributed by atoms with Gasteiger partial charge in [-0.05, 0) is 48.5 Å². The van der Waals surface area contributed by atoms with Gasteiger partial charge in [-0.15, -0.1) is 8.57 Å². The Balaban J connectivity index is 2.05. The van der Waals surface area contributed by atoms with E-state index in [0.29, 0.717) is 11.1 Å². The van der Waals surface area contributed by atoms with Crippen molar-refractivity contribution in [2.75, 3.05) is 11.0 Å². The lowest BCUT2D eigenvalue weighted by Gasteiger charge is -2.50. The molecule has 1 aromatic carbocycles. The molecule has 0 spiro atoms. The number of hydrogen-bond donors (Lipinski definition) is 6. The smallest absolute Gasteiger partial charge is 0.461 e. The topological polar surface area (TPSA) is 205 Å². The van der Waals surface area contributed by atoms with Gasteiger partial charge in [-0.1, -0.05) is 34.1 Å². The van der Waals surface area contributed by atoms with Crippen molar-refractivity contribution in [1.82, 2.24) is 0 Å².